The SMILES string of the molecule is NC1=C2C(=O)Oc3ccccc3C2c2sc(=S)[nH]c2S1. The largest absolute Gasteiger partial charge is 0.423 e. The minimum atomic E-state index is -0.372. The van der Waals surface area contributed by atoms with E-state index in [0.29, 0.717) is 20.3 Å². The zero-order chi connectivity index (χ0) is 13.9. The molecule has 0 spiro atoms. The molecule has 2 aliphatic rings. The molecule has 3 heterocycles. The minimum Gasteiger partial charge on any atom is -0.423 e. The van der Waals surface area contributed by atoms with Crippen molar-refractivity contribution >= 4 is 41.3 Å². The summed E-state index contributed by atoms with van der Waals surface area (Å²) in [5.74, 6) is 0.0431. The van der Waals surface area contributed by atoms with Crippen molar-refractivity contribution in [3.8, 4) is 5.75 Å². The fourth-order valence-corrected chi connectivity index (χ4v) is 5.02. The molecule has 2 aromatic rings. The van der Waals surface area contributed by atoms with Crippen LogP contribution in [-0.4, -0.2) is 11.0 Å². The van der Waals surface area contributed by atoms with Crippen LogP contribution < -0.4 is 10.5 Å². The number of thioether (sulfide) groups is 1. The van der Waals surface area contributed by atoms with E-state index in [1.165, 1.54) is 23.1 Å². The number of aromatic amines is 1. The predicted molar refractivity (Wildman–Crippen MR) is 80.5 cm³/mol. The smallest absolute Gasteiger partial charge is 0.343 e. The molecule has 0 saturated carbocycles. The van der Waals surface area contributed by atoms with Crippen LogP contribution in [0.15, 0.2) is 39.9 Å². The number of thiazole rings is 1. The first-order valence-corrected chi connectivity index (χ1v) is 7.91. The fraction of sp³-hybridized carbons (Fsp3) is 0.0769. The summed E-state index contributed by atoms with van der Waals surface area (Å²) in [5.41, 5.74) is 7.53. The third-order valence-electron chi connectivity index (χ3n) is 3.32. The minimum absolute atomic E-state index is 0.179. The van der Waals surface area contributed by atoms with Gasteiger partial charge in [0, 0.05) is 5.56 Å². The summed E-state index contributed by atoms with van der Waals surface area (Å²) in [4.78, 5) is 16.4. The zero-order valence-electron chi connectivity index (χ0n) is 10.0. The molecule has 0 amide bonds. The first kappa shape index (κ1) is 12.2. The van der Waals surface area contributed by atoms with Crippen LogP contribution in [0.1, 0.15) is 16.4 Å². The van der Waals surface area contributed by atoms with E-state index in [0.717, 1.165) is 15.5 Å². The molecule has 1 aromatic carbocycles. The van der Waals surface area contributed by atoms with Crippen LogP contribution in [0.25, 0.3) is 0 Å². The summed E-state index contributed by atoms with van der Waals surface area (Å²) < 4.78 is 6.06. The lowest BCUT2D eigenvalue weighted by atomic mass is 9.87. The van der Waals surface area contributed by atoms with Crippen molar-refractivity contribution in [1.29, 1.82) is 0 Å². The molecule has 4 nitrogen and oxygen atoms in total. The number of carbonyl (C=O) groups is 1. The van der Waals surface area contributed by atoms with Gasteiger partial charge in [0.05, 0.1) is 26.4 Å². The third-order valence-corrected chi connectivity index (χ3v) is 5.72. The summed E-state index contributed by atoms with van der Waals surface area (Å²) >= 11 is 8.04. The molecule has 0 fully saturated rings. The van der Waals surface area contributed by atoms with Gasteiger partial charge in [0.1, 0.15) is 5.75 Å². The molecule has 4 rings (SSSR count). The van der Waals surface area contributed by atoms with Crippen molar-refractivity contribution in [2.75, 3.05) is 0 Å². The van der Waals surface area contributed by atoms with Crippen LogP contribution in [0.2, 0.25) is 0 Å². The quantitative estimate of drug-likeness (QED) is 0.443. The predicted octanol–water partition coefficient (Wildman–Crippen LogP) is 3.13. The van der Waals surface area contributed by atoms with Gasteiger partial charge in [0.2, 0.25) is 0 Å². The highest BCUT2D eigenvalue weighted by atomic mass is 32.2. The average Bonchev–Trinajstić information content (AvgIpc) is 2.78. The van der Waals surface area contributed by atoms with Crippen LogP contribution >= 0.6 is 35.3 Å². The number of esters is 1. The van der Waals surface area contributed by atoms with Crippen LogP contribution in [0, 0.1) is 3.95 Å². The molecule has 1 aromatic heterocycles. The number of ether oxygens (including phenoxy) is 1. The lowest BCUT2D eigenvalue weighted by molar-refractivity contribution is -0.131. The van der Waals surface area contributed by atoms with Gasteiger partial charge >= 0.3 is 5.97 Å². The Labute approximate surface area is 127 Å². The van der Waals surface area contributed by atoms with E-state index in [-0.39, 0.29) is 11.9 Å². The van der Waals surface area contributed by atoms with Crippen LogP contribution in [0.3, 0.4) is 0 Å². The van der Waals surface area contributed by atoms with Gasteiger partial charge in [-0.05, 0) is 18.3 Å². The second-order valence-electron chi connectivity index (χ2n) is 4.45. The van der Waals surface area contributed by atoms with E-state index in [1.54, 1.807) is 6.07 Å². The second-order valence-corrected chi connectivity index (χ2v) is 7.22. The van der Waals surface area contributed by atoms with Gasteiger partial charge < -0.3 is 15.5 Å². The van der Waals surface area contributed by atoms with Crippen LogP contribution in [0.4, 0.5) is 0 Å². The van der Waals surface area contributed by atoms with Gasteiger partial charge in [-0.2, -0.15) is 0 Å². The number of nitrogens with one attached hydrogen (secondary N) is 1. The molecule has 1 unspecified atom stereocenters. The highest BCUT2D eigenvalue weighted by Gasteiger charge is 2.40. The van der Waals surface area contributed by atoms with Gasteiger partial charge in [0.15, 0.2) is 3.95 Å². The molecule has 3 N–H and O–H groups in total. The molecular weight excluding hydrogens is 312 g/mol. The Morgan fingerprint density at radius 2 is 2.15 bits per heavy atom. The summed E-state index contributed by atoms with van der Waals surface area (Å²) in [7, 11) is 0. The summed E-state index contributed by atoms with van der Waals surface area (Å²) in [6, 6.07) is 7.54. The monoisotopic (exact) mass is 320 g/mol. The lowest BCUT2D eigenvalue weighted by Gasteiger charge is -2.30. The fourth-order valence-electron chi connectivity index (χ4n) is 2.51. The highest BCUT2D eigenvalue weighted by Crippen LogP contribution is 2.51. The Morgan fingerprint density at radius 3 is 3.00 bits per heavy atom. The van der Waals surface area contributed by atoms with Crippen molar-refractivity contribution in [3.05, 3.63) is 49.3 Å². The number of nitrogens with two attached hydrogens (primary N) is 1. The van der Waals surface area contributed by atoms with Gasteiger partial charge in [-0.15, -0.1) is 11.3 Å². The van der Waals surface area contributed by atoms with E-state index in [9.17, 15) is 4.79 Å². The molecular formula is C13H8N2O2S3. The highest BCUT2D eigenvalue weighted by molar-refractivity contribution is 8.03. The molecule has 0 radical (unpaired) electrons. The Balaban J connectivity index is 2.05. The molecule has 1 atom stereocenters. The van der Waals surface area contributed by atoms with E-state index in [1.807, 2.05) is 18.2 Å². The summed E-state index contributed by atoms with van der Waals surface area (Å²) in [6.07, 6.45) is 0. The number of H-pyrrole nitrogens is 1. The summed E-state index contributed by atoms with van der Waals surface area (Å²) in [6.45, 7) is 0. The second kappa shape index (κ2) is 4.21. The Bertz CT molecular complexity index is 834. The number of hydrogen-bond acceptors (Lipinski definition) is 6. The first-order valence-electron chi connectivity index (χ1n) is 5.87. The van der Waals surface area contributed by atoms with Gasteiger partial charge in [0.25, 0.3) is 0 Å². The number of hydrogen-bond donors (Lipinski definition) is 2. The Morgan fingerprint density at radius 1 is 1.35 bits per heavy atom. The van der Waals surface area contributed by atoms with Gasteiger partial charge in [-0.1, -0.05) is 30.0 Å². The van der Waals surface area contributed by atoms with E-state index in [4.69, 9.17) is 22.7 Å². The van der Waals surface area contributed by atoms with Crippen molar-refractivity contribution in [3.63, 3.8) is 0 Å². The maximum Gasteiger partial charge on any atom is 0.343 e. The lowest BCUT2D eigenvalue weighted by Crippen LogP contribution is -2.28. The number of para-hydroxylation sites is 1. The van der Waals surface area contributed by atoms with Crippen molar-refractivity contribution in [2.45, 2.75) is 10.9 Å². The molecule has 20 heavy (non-hydrogen) atoms. The average molecular weight is 320 g/mol. The number of carbonyl (C=O) groups excluding carboxylic acids is 1. The number of benzene rings is 1. The maximum atomic E-state index is 12.2. The van der Waals surface area contributed by atoms with E-state index >= 15 is 0 Å². The molecule has 0 saturated heterocycles. The molecule has 7 heteroatoms. The molecule has 0 aliphatic carbocycles. The Hall–Kier alpha value is -1.57. The summed E-state index contributed by atoms with van der Waals surface area (Å²) in [5, 5.41) is 1.40. The normalized spacial score (nSPS) is 20.0. The number of aromatic nitrogens is 1. The zero-order valence-corrected chi connectivity index (χ0v) is 12.5. The van der Waals surface area contributed by atoms with Crippen molar-refractivity contribution in [1.82, 2.24) is 4.98 Å². The third kappa shape index (κ3) is 1.60. The first-order chi connectivity index (χ1) is 9.65. The van der Waals surface area contributed by atoms with E-state index < -0.39 is 0 Å². The van der Waals surface area contributed by atoms with Crippen LogP contribution in [0.5, 0.6) is 5.75 Å². The number of fused-ring (bicyclic) bond motifs is 5. The molecule has 2 aliphatic heterocycles. The van der Waals surface area contributed by atoms with Crippen LogP contribution in [-0.2, 0) is 4.79 Å². The van der Waals surface area contributed by atoms with Gasteiger partial charge in [-0.25, -0.2) is 4.79 Å². The maximum absolute atomic E-state index is 12.2. The van der Waals surface area contributed by atoms with Crippen molar-refractivity contribution in [2.24, 2.45) is 5.73 Å². The topological polar surface area (TPSA) is 68.1 Å². The standard InChI is InChI=1S/C13H8N2O2S3/c14-10-8-7(9-11(20-10)15-13(18)19-9)5-3-1-2-4-6(5)17-12(8)16/h1-4,7H,14H2,(H,15,18). The van der Waals surface area contributed by atoms with Crippen molar-refractivity contribution < 1.29 is 9.53 Å². The molecule has 0 bridgehead atoms. The number of rotatable bonds is 0. The van der Waals surface area contributed by atoms with E-state index in [2.05, 4.69) is 4.98 Å². The Kier molecular flexibility index (Phi) is 2.57. The van der Waals surface area contributed by atoms with Gasteiger partial charge in [-0.3, -0.25) is 0 Å². The molecule has 100 valence electrons.